The first-order valence-electron chi connectivity index (χ1n) is 6.83. The average Bonchev–Trinajstić information content (AvgIpc) is 2.95. The minimum atomic E-state index is -0.196. The Balaban J connectivity index is 2.09. The van der Waals surface area contributed by atoms with Gasteiger partial charge in [-0.1, -0.05) is 69.6 Å². The zero-order chi connectivity index (χ0) is 19.2. The Kier molecular flexibility index (Phi) is 5.58. The summed E-state index contributed by atoms with van der Waals surface area (Å²) in [5, 5.41) is 17.8. The molecule has 0 bridgehead atoms. The molecule has 1 aromatic heterocycles. The lowest BCUT2D eigenvalue weighted by Gasteiger charge is -2.12. The highest BCUT2D eigenvalue weighted by Crippen LogP contribution is 2.46. The number of hydrogen-bond donors (Lipinski definition) is 3. The predicted octanol–water partition coefficient (Wildman–Crippen LogP) is 6.82. The van der Waals surface area contributed by atoms with Crippen molar-refractivity contribution >= 4 is 86.8 Å². The smallest absolute Gasteiger partial charge is 0.195 e. The van der Waals surface area contributed by atoms with Crippen molar-refractivity contribution in [2.24, 2.45) is 0 Å². The summed E-state index contributed by atoms with van der Waals surface area (Å²) in [6.45, 7) is 0. The van der Waals surface area contributed by atoms with E-state index in [2.05, 4.69) is 10.4 Å². The lowest BCUT2D eigenvalue weighted by atomic mass is 10.3. The fourth-order valence-corrected chi connectivity index (χ4v) is 3.60. The van der Waals surface area contributed by atoms with Crippen LogP contribution in [0.15, 0.2) is 24.4 Å². The first kappa shape index (κ1) is 19.5. The van der Waals surface area contributed by atoms with Gasteiger partial charge in [0, 0.05) is 5.69 Å². The molecule has 0 aliphatic carbocycles. The van der Waals surface area contributed by atoms with E-state index in [9.17, 15) is 5.11 Å². The van der Waals surface area contributed by atoms with Crippen LogP contribution >= 0.6 is 69.6 Å². The number of aromatic hydroxyl groups is 1. The highest BCUT2D eigenvalue weighted by molar-refractivity contribution is 6.56. The van der Waals surface area contributed by atoms with E-state index in [1.807, 2.05) is 0 Å². The molecule has 0 unspecified atom stereocenters. The Morgan fingerprint density at radius 1 is 0.923 bits per heavy atom. The van der Waals surface area contributed by atoms with E-state index in [4.69, 9.17) is 75.3 Å². The van der Waals surface area contributed by atoms with Crippen molar-refractivity contribution in [1.29, 1.82) is 0 Å². The zero-order valence-corrected chi connectivity index (χ0v) is 17.0. The third-order valence-electron chi connectivity index (χ3n) is 3.35. The summed E-state index contributed by atoms with van der Waals surface area (Å²) >= 11 is 36.6. The van der Waals surface area contributed by atoms with Crippen LogP contribution in [0.2, 0.25) is 30.1 Å². The van der Waals surface area contributed by atoms with Crippen LogP contribution in [0.25, 0.3) is 5.69 Å². The van der Waals surface area contributed by atoms with E-state index in [0.717, 1.165) is 0 Å². The standard InChI is InChI=1S/C15H8Cl6N4O/c16-6-2-1-5(22)3-7(6)23-15-8(26)4-25(24-15)14-12(20)10(18)9(17)11(19)13(14)21/h1-4,26H,22H2,(H,23,24). The van der Waals surface area contributed by atoms with Gasteiger partial charge in [0.15, 0.2) is 11.6 Å². The molecule has 5 nitrogen and oxygen atoms in total. The fourth-order valence-electron chi connectivity index (χ4n) is 2.13. The van der Waals surface area contributed by atoms with Gasteiger partial charge in [-0.2, -0.15) is 0 Å². The molecule has 0 amide bonds. The molecule has 4 N–H and O–H groups in total. The van der Waals surface area contributed by atoms with Crippen LogP contribution < -0.4 is 11.1 Å². The van der Waals surface area contributed by atoms with Crippen molar-refractivity contribution in [3.63, 3.8) is 0 Å². The summed E-state index contributed by atoms with van der Waals surface area (Å²) in [5.74, 6) is -0.107. The van der Waals surface area contributed by atoms with Crippen molar-refractivity contribution in [2.45, 2.75) is 0 Å². The minimum Gasteiger partial charge on any atom is -0.503 e. The molecule has 3 aromatic rings. The van der Waals surface area contributed by atoms with Crippen LogP contribution in [-0.4, -0.2) is 14.9 Å². The normalized spacial score (nSPS) is 11.0. The zero-order valence-electron chi connectivity index (χ0n) is 12.5. The van der Waals surface area contributed by atoms with E-state index in [1.165, 1.54) is 10.9 Å². The van der Waals surface area contributed by atoms with Gasteiger partial charge in [-0.05, 0) is 18.2 Å². The fraction of sp³-hybridized carbons (Fsp3) is 0. The number of benzene rings is 2. The Labute approximate surface area is 178 Å². The van der Waals surface area contributed by atoms with Crippen molar-refractivity contribution in [1.82, 2.24) is 9.78 Å². The quantitative estimate of drug-likeness (QED) is 0.222. The number of anilines is 3. The number of nitrogens with zero attached hydrogens (tertiary/aromatic N) is 2. The Morgan fingerprint density at radius 2 is 1.50 bits per heavy atom. The van der Waals surface area contributed by atoms with Crippen LogP contribution in [0.1, 0.15) is 0 Å². The third-order valence-corrected chi connectivity index (χ3v) is 5.94. The second kappa shape index (κ2) is 7.43. The van der Waals surface area contributed by atoms with Crippen LogP contribution in [-0.2, 0) is 0 Å². The molecule has 3 rings (SSSR count). The molecular formula is C15H8Cl6N4O. The summed E-state index contributed by atoms with van der Waals surface area (Å²) in [7, 11) is 0. The van der Waals surface area contributed by atoms with Crippen LogP contribution in [0.4, 0.5) is 17.2 Å². The van der Waals surface area contributed by atoms with Crippen molar-refractivity contribution < 1.29 is 5.11 Å². The van der Waals surface area contributed by atoms with E-state index < -0.39 is 0 Å². The van der Waals surface area contributed by atoms with Gasteiger partial charge >= 0.3 is 0 Å². The molecule has 11 heteroatoms. The third kappa shape index (κ3) is 3.48. The largest absolute Gasteiger partial charge is 0.503 e. The number of aromatic nitrogens is 2. The van der Waals surface area contributed by atoms with Gasteiger partial charge in [0.1, 0.15) is 5.69 Å². The van der Waals surface area contributed by atoms with Gasteiger partial charge < -0.3 is 16.2 Å². The Morgan fingerprint density at radius 3 is 2.12 bits per heavy atom. The number of nitrogens with one attached hydrogen (secondary N) is 1. The minimum absolute atomic E-state index is 0.0149. The highest BCUT2D eigenvalue weighted by Gasteiger charge is 2.22. The van der Waals surface area contributed by atoms with Crippen LogP contribution in [0.5, 0.6) is 5.75 Å². The maximum atomic E-state index is 10.2. The van der Waals surface area contributed by atoms with Crippen LogP contribution in [0.3, 0.4) is 0 Å². The van der Waals surface area contributed by atoms with E-state index >= 15 is 0 Å². The second-order valence-electron chi connectivity index (χ2n) is 5.09. The van der Waals surface area contributed by atoms with E-state index in [0.29, 0.717) is 16.4 Å². The number of halogens is 6. The first-order valence-corrected chi connectivity index (χ1v) is 9.10. The average molecular weight is 473 g/mol. The summed E-state index contributed by atoms with van der Waals surface area (Å²) in [6, 6.07) is 4.85. The summed E-state index contributed by atoms with van der Waals surface area (Å²) in [6.07, 6.45) is 1.27. The lowest BCUT2D eigenvalue weighted by Crippen LogP contribution is -2.00. The summed E-state index contributed by atoms with van der Waals surface area (Å²) < 4.78 is 1.22. The molecule has 0 fully saturated rings. The van der Waals surface area contributed by atoms with Crippen LogP contribution in [0, 0.1) is 0 Å². The maximum Gasteiger partial charge on any atom is 0.195 e. The summed E-state index contributed by atoms with van der Waals surface area (Å²) in [5.41, 5.74) is 6.84. The Hall–Kier alpha value is -1.21. The number of nitrogen functional groups attached to an aromatic ring is 1. The molecule has 0 radical (unpaired) electrons. The van der Waals surface area contributed by atoms with E-state index in [1.54, 1.807) is 18.2 Å². The SMILES string of the molecule is Nc1ccc(Cl)c(Nc2nn(-c3c(Cl)c(Cl)c(Cl)c(Cl)c3Cl)cc2O)c1. The molecule has 0 atom stereocenters. The van der Waals surface area contributed by atoms with Gasteiger partial charge in [-0.25, -0.2) is 4.68 Å². The molecule has 0 saturated heterocycles. The van der Waals surface area contributed by atoms with Crippen molar-refractivity contribution in [3.8, 4) is 11.4 Å². The maximum absolute atomic E-state index is 10.2. The second-order valence-corrected chi connectivity index (χ2v) is 7.39. The molecule has 136 valence electrons. The number of nitrogens with two attached hydrogens (primary N) is 1. The van der Waals surface area contributed by atoms with Gasteiger partial charge in [-0.15, -0.1) is 5.10 Å². The van der Waals surface area contributed by atoms with Gasteiger partial charge in [0.05, 0.1) is 42.0 Å². The number of hydrogen-bond acceptors (Lipinski definition) is 4. The highest BCUT2D eigenvalue weighted by atomic mass is 35.5. The molecule has 1 heterocycles. The number of rotatable bonds is 3. The molecule has 0 aliphatic heterocycles. The molecule has 0 aliphatic rings. The lowest BCUT2D eigenvalue weighted by molar-refractivity contribution is 0.477. The van der Waals surface area contributed by atoms with Gasteiger partial charge in [0.2, 0.25) is 0 Å². The van der Waals surface area contributed by atoms with E-state index in [-0.39, 0.29) is 42.4 Å². The van der Waals surface area contributed by atoms with Gasteiger partial charge in [0.25, 0.3) is 0 Å². The molecule has 0 spiro atoms. The van der Waals surface area contributed by atoms with Crippen molar-refractivity contribution in [2.75, 3.05) is 11.1 Å². The monoisotopic (exact) mass is 470 g/mol. The van der Waals surface area contributed by atoms with Gasteiger partial charge in [-0.3, -0.25) is 0 Å². The first-order chi connectivity index (χ1) is 12.2. The molecule has 26 heavy (non-hydrogen) atoms. The molecule has 0 saturated carbocycles. The topological polar surface area (TPSA) is 76.1 Å². The van der Waals surface area contributed by atoms with Crippen molar-refractivity contribution in [3.05, 3.63) is 54.5 Å². The molecular weight excluding hydrogens is 465 g/mol. The Bertz CT molecular complexity index is 991. The summed E-state index contributed by atoms with van der Waals surface area (Å²) in [4.78, 5) is 0. The predicted molar refractivity (Wildman–Crippen MR) is 109 cm³/mol. The molecule has 2 aromatic carbocycles.